The van der Waals surface area contributed by atoms with Crippen LogP contribution in [0.4, 0.5) is 11.4 Å². The van der Waals surface area contributed by atoms with Gasteiger partial charge in [-0.25, -0.2) is 4.79 Å². The van der Waals surface area contributed by atoms with Crippen LogP contribution in [0, 0.1) is 10.1 Å². The Bertz CT molecular complexity index is 517. The largest absolute Gasteiger partial charge is 0.477 e. The van der Waals surface area contributed by atoms with Crippen LogP contribution in [0.5, 0.6) is 0 Å². The number of hydrogen-bond donors (Lipinski definition) is 1. The summed E-state index contributed by atoms with van der Waals surface area (Å²) in [7, 11) is 3.92. The van der Waals surface area contributed by atoms with E-state index in [1.165, 1.54) is 6.07 Å². The summed E-state index contributed by atoms with van der Waals surface area (Å²) < 4.78 is 0. The van der Waals surface area contributed by atoms with Crippen molar-refractivity contribution < 1.29 is 14.8 Å². The topological polar surface area (TPSA) is 86.9 Å². The summed E-state index contributed by atoms with van der Waals surface area (Å²) in [4.78, 5) is 25.7. The molecule has 0 aliphatic rings. The van der Waals surface area contributed by atoms with Gasteiger partial charge in [-0.05, 0) is 46.1 Å². The Morgan fingerprint density at radius 3 is 2.48 bits per heavy atom. The van der Waals surface area contributed by atoms with Crippen LogP contribution in [0.15, 0.2) is 18.2 Å². The minimum absolute atomic E-state index is 0.274. The zero-order valence-electron chi connectivity index (χ0n) is 12.6. The SMILES string of the molecule is CCN(CCCN(C)C)c1cccc(C(=O)O)c1[N+](=O)[O-]. The molecule has 0 atom stereocenters. The van der Waals surface area contributed by atoms with Crippen molar-refractivity contribution in [2.75, 3.05) is 38.6 Å². The Kier molecular flexibility index (Phi) is 6.10. The smallest absolute Gasteiger partial charge is 0.342 e. The van der Waals surface area contributed by atoms with Crippen molar-refractivity contribution >= 4 is 17.3 Å². The van der Waals surface area contributed by atoms with E-state index in [2.05, 4.69) is 0 Å². The summed E-state index contributed by atoms with van der Waals surface area (Å²) in [5, 5.41) is 20.4. The lowest BCUT2D eigenvalue weighted by atomic mass is 10.1. The number of aromatic carboxylic acids is 1. The molecule has 1 aromatic rings. The number of nitro groups is 1. The van der Waals surface area contributed by atoms with E-state index in [-0.39, 0.29) is 11.3 Å². The molecule has 0 unspecified atom stereocenters. The lowest BCUT2D eigenvalue weighted by Crippen LogP contribution is -2.28. The molecule has 0 aromatic heterocycles. The van der Waals surface area contributed by atoms with E-state index in [4.69, 9.17) is 5.11 Å². The van der Waals surface area contributed by atoms with Gasteiger partial charge in [0.15, 0.2) is 0 Å². The predicted octanol–water partition coefficient (Wildman–Crippen LogP) is 2.07. The Labute approximate surface area is 123 Å². The molecule has 0 aliphatic carbocycles. The molecule has 0 aliphatic heterocycles. The summed E-state index contributed by atoms with van der Waals surface area (Å²) in [6.07, 6.45) is 0.843. The lowest BCUT2D eigenvalue weighted by Gasteiger charge is -2.24. The third-order valence-electron chi connectivity index (χ3n) is 3.18. The summed E-state index contributed by atoms with van der Waals surface area (Å²) in [5.41, 5.74) is -0.249. The number of benzene rings is 1. The first kappa shape index (κ1) is 16.9. The van der Waals surface area contributed by atoms with Gasteiger partial charge in [0.1, 0.15) is 11.3 Å². The molecule has 116 valence electrons. The zero-order valence-corrected chi connectivity index (χ0v) is 12.6. The fourth-order valence-corrected chi connectivity index (χ4v) is 2.18. The molecule has 0 fully saturated rings. The van der Waals surface area contributed by atoms with Crippen LogP contribution in [0.1, 0.15) is 23.7 Å². The summed E-state index contributed by atoms with van der Waals surface area (Å²) in [6.45, 7) is 3.98. The fraction of sp³-hybridized carbons (Fsp3) is 0.500. The predicted molar refractivity (Wildman–Crippen MR) is 81.1 cm³/mol. The Hall–Kier alpha value is -2.15. The van der Waals surface area contributed by atoms with Crippen molar-refractivity contribution in [3.8, 4) is 0 Å². The Morgan fingerprint density at radius 1 is 1.33 bits per heavy atom. The van der Waals surface area contributed by atoms with E-state index >= 15 is 0 Å². The highest BCUT2D eigenvalue weighted by Gasteiger charge is 2.26. The molecule has 0 saturated heterocycles. The number of carboxylic acid groups (broad SMARTS) is 1. The summed E-state index contributed by atoms with van der Waals surface area (Å²) in [5.74, 6) is -1.28. The molecule has 7 nitrogen and oxygen atoms in total. The molecule has 0 spiro atoms. The summed E-state index contributed by atoms with van der Waals surface area (Å²) in [6, 6.07) is 4.40. The number of nitro benzene ring substituents is 1. The molecule has 1 N–H and O–H groups in total. The molecule has 0 amide bonds. The van der Waals surface area contributed by atoms with Crippen LogP contribution in [0.2, 0.25) is 0 Å². The van der Waals surface area contributed by atoms with Gasteiger partial charge in [-0.1, -0.05) is 6.07 Å². The number of rotatable bonds is 8. The van der Waals surface area contributed by atoms with E-state index < -0.39 is 10.9 Å². The number of hydrogen-bond acceptors (Lipinski definition) is 5. The molecule has 21 heavy (non-hydrogen) atoms. The van der Waals surface area contributed by atoms with Gasteiger partial charge in [0.05, 0.1) is 4.92 Å². The zero-order chi connectivity index (χ0) is 16.0. The van der Waals surface area contributed by atoms with Crippen molar-refractivity contribution in [2.45, 2.75) is 13.3 Å². The molecule has 0 saturated carbocycles. The highest BCUT2D eigenvalue weighted by molar-refractivity contribution is 5.95. The number of carbonyl (C=O) groups is 1. The van der Waals surface area contributed by atoms with Crippen molar-refractivity contribution in [2.24, 2.45) is 0 Å². The Balaban J connectivity index is 3.11. The minimum Gasteiger partial charge on any atom is -0.477 e. The van der Waals surface area contributed by atoms with Crippen molar-refractivity contribution in [1.82, 2.24) is 4.90 Å². The third kappa shape index (κ3) is 4.42. The molecular formula is C14H21N3O4. The maximum absolute atomic E-state index is 11.3. The molecule has 0 radical (unpaired) electrons. The fourth-order valence-electron chi connectivity index (χ4n) is 2.18. The first-order chi connectivity index (χ1) is 9.88. The first-order valence-corrected chi connectivity index (χ1v) is 6.78. The normalized spacial score (nSPS) is 10.7. The molecule has 0 heterocycles. The van der Waals surface area contributed by atoms with E-state index in [1.807, 2.05) is 30.8 Å². The molecular weight excluding hydrogens is 274 g/mol. The van der Waals surface area contributed by atoms with Gasteiger partial charge in [-0.15, -0.1) is 0 Å². The van der Waals surface area contributed by atoms with Crippen molar-refractivity contribution in [1.29, 1.82) is 0 Å². The summed E-state index contributed by atoms with van der Waals surface area (Å²) >= 11 is 0. The molecule has 7 heteroatoms. The number of carboxylic acids is 1. The van der Waals surface area contributed by atoms with Gasteiger partial charge in [0, 0.05) is 13.1 Å². The van der Waals surface area contributed by atoms with Crippen LogP contribution < -0.4 is 4.90 Å². The maximum atomic E-state index is 11.3. The van der Waals surface area contributed by atoms with Gasteiger partial charge in [0.25, 0.3) is 0 Å². The van der Waals surface area contributed by atoms with Crippen molar-refractivity contribution in [3.05, 3.63) is 33.9 Å². The second-order valence-corrected chi connectivity index (χ2v) is 4.97. The highest BCUT2D eigenvalue weighted by Crippen LogP contribution is 2.31. The molecule has 1 aromatic carbocycles. The monoisotopic (exact) mass is 295 g/mol. The van der Waals surface area contributed by atoms with Crippen LogP contribution in [-0.2, 0) is 0 Å². The van der Waals surface area contributed by atoms with E-state index in [0.717, 1.165) is 13.0 Å². The number of para-hydroxylation sites is 1. The minimum atomic E-state index is -1.28. The standard InChI is InChI=1S/C14H21N3O4/c1-4-16(10-6-9-15(2)3)12-8-5-7-11(14(18)19)13(12)17(20)21/h5,7-8H,4,6,9-10H2,1-3H3,(H,18,19). The molecule has 0 bridgehead atoms. The van der Waals surface area contributed by atoms with Crippen molar-refractivity contribution in [3.63, 3.8) is 0 Å². The van der Waals surface area contributed by atoms with Crippen LogP contribution in [0.25, 0.3) is 0 Å². The van der Waals surface area contributed by atoms with Crippen LogP contribution >= 0.6 is 0 Å². The number of anilines is 1. The Morgan fingerprint density at radius 2 is 2.00 bits per heavy atom. The lowest BCUT2D eigenvalue weighted by molar-refractivity contribution is -0.384. The average Bonchev–Trinajstić information content (AvgIpc) is 2.42. The second kappa shape index (κ2) is 7.58. The maximum Gasteiger partial charge on any atom is 0.342 e. The number of nitrogens with zero attached hydrogens (tertiary/aromatic N) is 3. The average molecular weight is 295 g/mol. The quantitative estimate of drug-likeness (QED) is 0.583. The van der Waals surface area contributed by atoms with Gasteiger partial charge in [-0.3, -0.25) is 10.1 Å². The van der Waals surface area contributed by atoms with E-state index in [0.29, 0.717) is 18.8 Å². The van der Waals surface area contributed by atoms with Crippen LogP contribution in [-0.4, -0.2) is 54.6 Å². The van der Waals surface area contributed by atoms with Gasteiger partial charge in [-0.2, -0.15) is 0 Å². The van der Waals surface area contributed by atoms with Gasteiger partial charge < -0.3 is 14.9 Å². The second-order valence-electron chi connectivity index (χ2n) is 4.97. The van der Waals surface area contributed by atoms with Gasteiger partial charge in [0.2, 0.25) is 0 Å². The van der Waals surface area contributed by atoms with E-state index in [9.17, 15) is 14.9 Å². The highest BCUT2D eigenvalue weighted by atomic mass is 16.6. The molecule has 1 rings (SSSR count). The first-order valence-electron chi connectivity index (χ1n) is 6.78. The van der Waals surface area contributed by atoms with Crippen LogP contribution in [0.3, 0.4) is 0 Å². The van der Waals surface area contributed by atoms with Gasteiger partial charge >= 0.3 is 11.7 Å². The van der Waals surface area contributed by atoms with E-state index in [1.54, 1.807) is 12.1 Å². The third-order valence-corrected chi connectivity index (χ3v) is 3.18.